The summed E-state index contributed by atoms with van der Waals surface area (Å²) in [5.41, 5.74) is 0.264. The van der Waals surface area contributed by atoms with E-state index in [9.17, 15) is 13.2 Å². The van der Waals surface area contributed by atoms with Gasteiger partial charge in [0.2, 0.25) is 10.0 Å². The largest absolute Gasteiger partial charge is 0.491 e. The second-order valence-corrected chi connectivity index (χ2v) is 6.42. The third kappa shape index (κ3) is 4.50. The Bertz CT molecular complexity index is 561. The fraction of sp³-hybridized carbons (Fsp3) is 0.462. The second-order valence-electron chi connectivity index (χ2n) is 4.67. The molecule has 1 amide bonds. The van der Waals surface area contributed by atoms with E-state index >= 15 is 0 Å². The van der Waals surface area contributed by atoms with Crippen LogP contribution in [0.2, 0.25) is 0 Å². The number of carbonyl (C=O) groups is 1. The zero-order chi connectivity index (χ0) is 14.6. The van der Waals surface area contributed by atoms with Crippen molar-refractivity contribution >= 4 is 15.9 Å². The molecule has 20 heavy (non-hydrogen) atoms. The van der Waals surface area contributed by atoms with Crippen LogP contribution in [-0.4, -0.2) is 39.9 Å². The summed E-state index contributed by atoms with van der Waals surface area (Å²) < 4.78 is 34.8. The molecular weight excluding hydrogens is 282 g/mol. The summed E-state index contributed by atoms with van der Waals surface area (Å²) in [6.45, 7) is 1.26. The normalized spacial score (nSPS) is 18.8. The highest BCUT2D eigenvalue weighted by Gasteiger charge is 2.16. The minimum Gasteiger partial charge on any atom is -0.491 e. The summed E-state index contributed by atoms with van der Waals surface area (Å²) in [5, 5.41) is 0. The number of sulfonamides is 1. The monoisotopic (exact) mass is 299 g/mol. The summed E-state index contributed by atoms with van der Waals surface area (Å²) >= 11 is 0. The number of carbonyl (C=O) groups excluding carboxylic acids is 1. The molecule has 1 atom stereocenters. The van der Waals surface area contributed by atoms with Crippen molar-refractivity contribution in [2.75, 3.05) is 19.5 Å². The first kappa shape index (κ1) is 14.8. The zero-order valence-electron chi connectivity index (χ0n) is 11.2. The maximum absolute atomic E-state index is 11.6. The lowest BCUT2D eigenvalue weighted by atomic mass is 10.2. The van der Waals surface area contributed by atoms with Gasteiger partial charge in [-0.2, -0.15) is 0 Å². The lowest BCUT2D eigenvalue weighted by Crippen LogP contribution is -2.29. The van der Waals surface area contributed by atoms with Gasteiger partial charge in [-0.25, -0.2) is 13.1 Å². The molecule has 0 radical (unpaired) electrons. The van der Waals surface area contributed by atoms with Gasteiger partial charge in [0.25, 0.3) is 5.91 Å². The molecule has 0 aromatic heterocycles. The van der Waals surface area contributed by atoms with E-state index in [0.717, 1.165) is 25.7 Å². The van der Waals surface area contributed by atoms with Crippen molar-refractivity contribution in [2.45, 2.75) is 18.9 Å². The maximum Gasteiger partial charge on any atom is 0.264 e. The van der Waals surface area contributed by atoms with Gasteiger partial charge in [0.1, 0.15) is 12.4 Å². The summed E-state index contributed by atoms with van der Waals surface area (Å²) in [6.07, 6.45) is 3.11. The standard InChI is InChI=1S/C13H17NO5S/c1-20(16,17)14-13(15)10-4-6-11(7-5-10)19-9-12-3-2-8-18-12/h4-7,12H,2-3,8-9H2,1H3,(H,14,15)/t12-/m0/s1. The molecule has 110 valence electrons. The third-order valence-corrected chi connectivity index (χ3v) is 3.41. The van der Waals surface area contributed by atoms with Crippen molar-refractivity contribution < 1.29 is 22.7 Å². The quantitative estimate of drug-likeness (QED) is 0.875. The Morgan fingerprint density at radius 3 is 2.65 bits per heavy atom. The smallest absolute Gasteiger partial charge is 0.264 e. The van der Waals surface area contributed by atoms with Crippen molar-refractivity contribution in [2.24, 2.45) is 0 Å². The average molecular weight is 299 g/mol. The van der Waals surface area contributed by atoms with Gasteiger partial charge in [0.05, 0.1) is 12.4 Å². The molecule has 0 unspecified atom stereocenters. The Morgan fingerprint density at radius 2 is 2.10 bits per heavy atom. The van der Waals surface area contributed by atoms with Crippen molar-refractivity contribution in [1.29, 1.82) is 0 Å². The number of nitrogens with one attached hydrogen (secondary N) is 1. The summed E-state index contributed by atoms with van der Waals surface area (Å²) in [6, 6.07) is 6.30. The Hall–Kier alpha value is -1.60. The Morgan fingerprint density at radius 1 is 1.40 bits per heavy atom. The predicted octanol–water partition coefficient (Wildman–Crippen LogP) is 0.934. The molecule has 1 saturated heterocycles. The first-order valence-electron chi connectivity index (χ1n) is 6.30. The predicted molar refractivity (Wildman–Crippen MR) is 73.2 cm³/mol. The molecule has 0 bridgehead atoms. The Balaban J connectivity index is 1.90. The number of ether oxygens (including phenoxy) is 2. The van der Waals surface area contributed by atoms with Crippen LogP contribution in [0.1, 0.15) is 23.2 Å². The SMILES string of the molecule is CS(=O)(=O)NC(=O)c1ccc(OC[C@@H]2CCCO2)cc1. The van der Waals surface area contributed by atoms with Crippen molar-refractivity contribution in [3.8, 4) is 5.75 Å². The van der Waals surface area contributed by atoms with Crippen molar-refractivity contribution in [3.63, 3.8) is 0 Å². The van der Waals surface area contributed by atoms with Crippen molar-refractivity contribution in [3.05, 3.63) is 29.8 Å². The molecule has 0 aliphatic carbocycles. The summed E-state index contributed by atoms with van der Waals surface area (Å²) in [5.74, 6) is -0.0328. The van der Waals surface area contributed by atoms with Gasteiger partial charge in [-0.1, -0.05) is 0 Å². The van der Waals surface area contributed by atoms with E-state index in [2.05, 4.69) is 0 Å². The van der Waals surface area contributed by atoms with Crippen LogP contribution < -0.4 is 9.46 Å². The summed E-state index contributed by atoms with van der Waals surface area (Å²) in [7, 11) is -3.55. The highest BCUT2D eigenvalue weighted by atomic mass is 32.2. The number of hydrogen-bond donors (Lipinski definition) is 1. The summed E-state index contributed by atoms with van der Waals surface area (Å²) in [4.78, 5) is 11.6. The Kier molecular flexibility index (Phi) is 4.61. The van der Waals surface area contributed by atoms with Gasteiger partial charge in [-0.3, -0.25) is 4.79 Å². The second kappa shape index (κ2) is 6.23. The molecular formula is C13H17NO5S. The van der Waals surface area contributed by atoms with E-state index in [4.69, 9.17) is 9.47 Å². The van der Waals surface area contributed by atoms with Crippen LogP contribution >= 0.6 is 0 Å². The maximum atomic E-state index is 11.6. The molecule has 1 aromatic rings. The number of amides is 1. The van der Waals surface area contributed by atoms with Crippen LogP contribution in [0, 0.1) is 0 Å². The molecule has 1 fully saturated rings. The van der Waals surface area contributed by atoms with Crippen LogP contribution in [-0.2, 0) is 14.8 Å². The van der Waals surface area contributed by atoms with E-state index in [1.54, 1.807) is 12.1 Å². The first-order chi connectivity index (χ1) is 9.44. The zero-order valence-corrected chi connectivity index (χ0v) is 12.0. The minimum absolute atomic E-state index is 0.128. The molecule has 0 saturated carbocycles. The van der Waals surface area contributed by atoms with E-state index in [1.807, 2.05) is 4.72 Å². The van der Waals surface area contributed by atoms with Crippen molar-refractivity contribution in [1.82, 2.24) is 4.72 Å². The number of benzene rings is 1. The molecule has 1 heterocycles. The van der Waals surface area contributed by atoms with Crippen LogP contribution in [0.4, 0.5) is 0 Å². The molecule has 0 spiro atoms. The van der Waals surface area contributed by atoms with Crippen LogP contribution in [0.15, 0.2) is 24.3 Å². The lowest BCUT2D eigenvalue weighted by molar-refractivity contribution is 0.0679. The molecule has 2 rings (SSSR count). The van der Waals surface area contributed by atoms with Gasteiger partial charge in [-0.05, 0) is 37.1 Å². The van der Waals surface area contributed by atoms with Crippen LogP contribution in [0.25, 0.3) is 0 Å². The number of hydrogen-bond acceptors (Lipinski definition) is 5. The van der Waals surface area contributed by atoms with Gasteiger partial charge in [-0.15, -0.1) is 0 Å². The molecule has 1 aliphatic rings. The Labute approximate surface area is 118 Å². The fourth-order valence-electron chi connectivity index (χ4n) is 1.89. The number of rotatable bonds is 5. The topological polar surface area (TPSA) is 81.7 Å². The molecule has 6 nitrogen and oxygen atoms in total. The van der Waals surface area contributed by atoms with Gasteiger partial charge in [0.15, 0.2) is 0 Å². The first-order valence-corrected chi connectivity index (χ1v) is 8.20. The highest BCUT2D eigenvalue weighted by molar-refractivity contribution is 7.89. The molecule has 7 heteroatoms. The minimum atomic E-state index is -3.55. The average Bonchev–Trinajstić information content (AvgIpc) is 2.88. The highest BCUT2D eigenvalue weighted by Crippen LogP contribution is 2.16. The molecule has 1 aromatic carbocycles. The van der Waals surface area contributed by atoms with Crippen LogP contribution in [0.5, 0.6) is 5.75 Å². The molecule has 1 N–H and O–H groups in total. The van der Waals surface area contributed by atoms with Gasteiger partial charge in [0, 0.05) is 12.2 Å². The fourth-order valence-corrected chi connectivity index (χ4v) is 2.35. The van der Waals surface area contributed by atoms with Crippen LogP contribution in [0.3, 0.4) is 0 Å². The molecule has 1 aliphatic heterocycles. The van der Waals surface area contributed by atoms with E-state index in [-0.39, 0.29) is 11.7 Å². The van der Waals surface area contributed by atoms with Gasteiger partial charge < -0.3 is 9.47 Å². The van der Waals surface area contributed by atoms with E-state index in [1.165, 1.54) is 12.1 Å². The van der Waals surface area contributed by atoms with E-state index in [0.29, 0.717) is 12.4 Å². The van der Waals surface area contributed by atoms with E-state index < -0.39 is 15.9 Å². The lowest BCUT2D eigenvalue weighted by Gasteiger charge is -2.11. The third-order valence-electron chi connectivity index (χ3n) is 2.85. The van der Waals surface area contributed by atoms with Gasteiger partial charge >= 0.3 is 0 Å².